The summed E-state index contributed by atoms with van der Waals surface area (Å²) in [5, 5.41) is 0. The molecular weight excluding hydrogens is 264 g/mol. The molecule has 18 heavy (non-hydrogen) atoms. The summed E-state index contributed by atoms with van der Waals surface area (Å²) in [5.74, 6) is -0.278. The molecular formula is C14H10O2S2. The van der Waals surface area contributed by atoms with Gasteiger partial charge in [0.15, 0.2) is 0 Å². The average Bonchev–Trinajstić information content (AvgIpc) is 2.43. The van der Waals surface area contributed by atoms with Gasteiger partial charge in [0.05, 0.1) is 12.7 Å². The number of carbonyl (C=O) groups is 1. The summed E-state index contributed by atoms with van der Waals surface area (Å²) in [6.07, 6.45) is 0. The molecule has 0 saturated carbocycles. The van der Waals surface area contributed by atoms with E-state index in [0.717, 1.165) is 9.79 Å². The molecule has 0 atom stereocenters. The van der Waals surface area contributed by atoms with Crippen LogP contribution < -0.4 is 0 Å². The van der Waals surface area contributed by atoms with Gasteiger partial charge in [0.1, 0.15) is 0 Å². The smallest absolute Gasteiger partial charge is 0.339 e. The van der Waals surface area contributed by atoms with Crippen molar-refractivity contribution < 1.29 is 9.53 Å². The Labute approximate surface area is 114 Å². The second-order valence-electron chi connectivity index (χ2n) is 3.78. The number of hydrogen-bond acceptors (Lipinski definition) is 4. The molecule has 0 radical (unpaired) electrons. The fraction of sp³-hybridized carbons (Fsp3) is 0.0714. The van der Waals surface area contributed by atoms with Crippen molar-refractivity contribution in [1.29, 1.82) is 0 Å². The predicted molar refractivity (Wildman–Crippen MR) is 72.5 cm³/mol. The fourth-order valence-corrected chi connectivity index (χ4v) is 4.19. The highest BCUT2D eigenvalue weighted by Gasteiger charge is 2.22. The maximum absolute atomic E-state index is 11.8. The van der Waals surface area contributed by atoms with Crippen molar-refractivity contribution in [2.24, 2.45) is 0 Å². The second-order valence-corrected chi connectivity index (χ2v) is 5.91. The Bertz CT molecular complexity index is 623. The number of benzene rings is 2. The van der Waals surface area contributed by atoms with Crippen LogP contribution in [0, 0.1) is 0 Å². The topological polar surface area (TPSA) is 26.3 Å². The minimum atomic E-state index is -0.278. The fourth-order valence-electron chi connectivity index (χ4n) is 1.82. The lowest BCUT2D eigenvalue weighted by atomic mass is 10.2. The SMILES string of the molecule is COC(=O)c1cccc2c1Sc1ccccc1S2. The summed E-state index contributed by atoms with van der Waals surface area (Å²) in [5.41, 5.74) is 0.641. The zero-order chi connectivity index (χ0) is 12.5. The lowest BCUT2D eigenvalue weighted by molar-refractivity contribution is 0.0596. The van der Waals surface area contributed by atoms with Gasteiger partial charge in [0.25, 0.3) is 0 Å². The summed E-state index contributed by atoms with van der Waals surface area (Å²) in [7, 11) is 1.41. The molecule has 0 aliphatic carbocycles. The van der Waals surface area contributed by atoms with Crippen molar-refractivity contribution in [3.63, 3.8) is 0 Å². The van der Waals surface area contributed by atoms with Gasteiger partial charge in [0.2, 0.25) is 0 Å². The van der Waals surface area contributed by atoms with Crippen LogP contribution in [-0.4, -0.2) is 13.1 Å². The van der Waals surface area contributed by atoms with Gasteiger partial charge in [0, 0.05) is 19.6 Å². The lowest BCUT2D eigenvalue weighted by Crippen LogP contribution is -2.05. The number of carbonyl (C=O) groups excluding carboxylic acids is 1. The molecule has 1 aliphatic heterocycles. The zero-order valence-corrected chi connectivity index (χ0v) is 11.3. The summed E-state index contributed by atoms with van der Waals surface area (Å²) in [4.78, 5) is 16.3. The highest BCUT2D eigenvalue weighted by Crippen LogP contribution is 2.49. The maximum atomic E-state index is 11.8. The van der Waals surface area contributed by atoms with Gasteiger partial charge in [-0.15, -0.1) is 0 Å². The van der Waals surface area contributed by atoms with Crippen molar-refractivity contribution in [3.8, 4) is 0 Å². The summed E-state index contributed by atoms with van der Waals surface area (Å²) in [6, 6.07) is 14.0. The first kappa shape index (κ1) is 11.7. The van der Waals surface area contributed by atoms with Crippen LogP contribution in [0.5, 0.6) is 0 Å². The summed E-state index contributed by atoms with van der Waals surface area (Å²) in [6.45, 7) is 0. The van der Waals surface area contributed by atoms with Gasteiger partial charge in [-0.05, 0) is 24.3 Å². The molecule has 2 aromatic rings. The van der Waals surface area contributed by atoms with Crippen molar-refractivity contribution in [2.75, 3.05) is 7.11 Å². The van der Waals surface area contributed by atoms with Crippen LogP contribution in [0.25, 0.3) is 0 Å². The van der Waals surface area contributed by atoms with Crippen molar-refractivity contribution >= 4 is 29.5 Å². The van der Waals surface area contributed by atoms with Crippen molar-refractivity contribution in [2.45, 2.75) is 19.6 Å². The quantitative estimate of drug-likeness (QED) is 0.624. The molecule has 0 fully saturated rings. The minimum absolute atomic E-state index is 0.278. The Morgan fingerprint density at radius 2 is 1.61 bits per heavy atom. The number of methoxy groups -OCH3 is 1. The van der Waals surface area contributed by atoms with E-state index in [0.29, 0.717) is 5.56 Å². The van der Waals surface area contributed by atoms with Crippen molar-refractivity contribution in [3.05, 3.63) is 48.0 Å². The molecule has 90 valence electrons. The van der Waals surface area contributed by atoms with E-state index in [4.69, 9.17) is 4.74 Å². The molecule has 0 amide bonds. The molecule has 1 aliphatic rings. The van der Waals surface area contributed by atoms with Crippen LogP contribution in [0.2, 0.25) is 0 Å². The van der Waals surface area contributed by atoms with E-state index in [1.165, 1.54) is 16.9 Å². The number of esters is 1. The first-order valence-corrected chi connectivity index (χ1v) is 7.09. The molecule has 0 N–H and O–H groups in total. The monoisotopic (exact) mass is 274 g/mol. The van der Waals surface area contributed by atoms with E-state index >= 15 is 0 Å². The minimum Gasteiger partial charge on any atom is -0.465 e. The van der Waals surface area contributed by atoms with Gasteiger partial charge in [-0.2, -0.15) is 0 Å². The Hall–Kier alpha value is -1.39. The third kappa shape index (κ3) is 1.91. The number of ether oxygens (including phenoxy) is 1. The highest BCUT2D eigenvalue weighted by molar-refractivity contribution is 8.05. The first-order chi connectivity index (χ1) is 8.79. The summed E-state index contributed by atoms with van der Waals surface area (Å²) >= 11 is 3.33. The average molecular weight is 274 g/mol. The van der Waals surface area contributed by atoms with Gasteiger partial charge in [-0.25, -0.2) is 4.79 Å². The van der Waals surface area contributed by atoms with E-state index in [1.54, 1.807) is 23.5 Å². The van der Waals surface area contributed by atoms with Crippen LogP contribution >= 0.6 is 23.5 Å². The molecule has 3 rings (SSSR count). The molecule has 0 bridgehead atoms. The van der Waals surface area contributed by atoms with E-state index in [9.17, 15) is 4.79 Å². The van der Waals surface area contributed by atoms with Crippen LogP contribution in [0.1, 0.15) is 10.4 Å². The third-order valence-corrected chi connectivity index (χ3v) is 5.28. The van der Waals surface area contributed by atoms with E-state index < -0.39 is 0 Å². The lowest BCUT2D eigenvalue weighted by Gasteiger charge is -2.19. The van der Waals surface area contributed by atoms with Gasteiger partial charge < -0.3 is 4.74 Å². The first-order valence-electron chi connectivity index (χ1n) is 5.45. The van der Waals surface area contributed by atoms with Crippen molar-refractivity contribution in [1.82, 2.24) is 0 Å². The largest absolute Gasteiger partial charge is 0.465 e. The molecule has 0 spiro atoms. The molecule has 2 nitrogen and oxygen atoms in total. The predicted octanol–water partition coefficient (Wildman–Crippen LogP) is 4.09. The van der Waals surface area contributed by atoms with Crippen LogP contribution in [0.15, 0.2) is 62.0 Å². The Balaban J connectivity index is 2.10. The molecule has 1 heterocycles. The highest BCUT2D eigenvalue weighted by atomic mass is 32.2. The van der Waals surface area contributed by atoms with Crippen LogP contribution in [0.3, 0.4) is 0 Å². The third-order valence-electron chi connectivity index (χ3n) is 2.67. The molecule has 2 aromatic carbocycles. The zero-order valence-electron chi connectivity index (χ0n) is 9.67. The Morgan fingerprint density at radius 3 is 2.33 bits per heavy atom. The Morgan fingerprint density at radius 1 is 0.944 bits per heavy atom. The molecule has 0 aromatic heterocycles. The molecule has 4 heteroatoms. The van der Waals surface area contributed by atoms with E-state index in [1.807, 2.05) is 30.3 Å². The molecule has 0 saturated heterocycles. The number of hydrogen-bond donors (Lipinski definition) is 0. The van der Waals surface area contributed by atoms with E-state index in [-0.39, 0.29) is 5.97 Å². The van der Waals surface area contributed by atoms with Gasteiger partial charge in [-0.1, -0.05) is 41.7 Å². The van der Waals surface area contributed by atoms with Gasteiger partial charge >= 0.3 is 5.97 Å². The van der Waals surface area contributed by atoms with Crippen LogP contribution in [0.4, 0.5) is 0 Å². The second kappa shape index (κ2) is 4.71. The normalized spacial score (nSPS) is 12.5. The van der Waals surface area contributed by atoms with Gasteiger partial charge in [-0.3, -0.25) is 0 Å². The maximum Gasteiger partial charge on any atom is 0.339 e. The van der Waals surface area contributed by atoms with Crippen LogP contribution in [-0.2, 0) is 4.74 Å². The number of fused-ring (bicyclic) bond motifs is 2. The number of rotatable bonds is 1. The standard InChI is InChI=1S/C14H10O2S2/c1-16-14(15)9-5-4-8-12-13(9)18-11-7-3-2-6-10(11)17-12/h2-8H,1H3. The van der Waals surface area contributed by atoms with E-state index in [2.05, 4.69) is 12.1 Å². The summed E-state index contributed by atoms with van der Waals surface area (Å²) < 4.78 is 4.83. The molecule has 0 unspecified atom stereocenters. The Kier molecular flexibility index (Phi) is 3.06.